The number of aromatic nitrogens is 3. The van der Waals surface area contributed by atoms with Gasteiger partial charge in [0.2, 0.25) is 11.7 Å². The highest BCUT2D eigenvalue weighted by atomic mass is 16.5. The number of carbonyl (C=O) groups excluding carboxylic acids is 3. The fourth-order valence-corrected chi connectivity index (χ4v) is 3.27. The van der Waals surface area contributed by atoms with E-state index in [0.717, 1.165) is 17.1 Å². The number of carbonyl (C=O) groups is 3. The summed E-state index contributed by atoms with van der Waals surface area (Å²) in [6, 6.07) is 10.3. The van der Waals surface area contributed by atoms with Crippen molar-refractivity contribution in [1.82, 2.24) is 14.5 Å². The smallest absolute Gasteiger partial charge is 0.337 e. The average molecular weight is 436 g/mol. The molecule has 9 nitrogen and oxygen atoms in total. The lowest BCUT2D eigenvalue weighted by molar-refractivity contribution is -0.142. The van der Waals surface area contributed by atoms with Gasteiger partial charge in [0.1, 0.15) is 0 Å². The molecule has 3 aromatic rings. The molecule has 0 amide bonds. The quantitative estimate of drug-likeness (QED) is 0.402. The van der Waals surface area contributed by atoms with Crippen molar-refractivity contribution in [3.8, 4) is 5.69 Å². The summed E-state index contributed by atoms with van der Waals surface area (Å²) in [4.78, 5) is 44.2. The zero-order valence-corrected chi connectivity index (χ0v) is 18.1. The minimum absolute atomic E-state index is 0.0805. The number of Topliss-reactive ketones (excluding diaryl/α,β-unsaturated/α-hetero) is 1. The van der Waals surface area contributed by atoms with Gasteiger partial charge in [0.05, 0.1) is 19.1 Å². The van der Waals surface area contributed by atoms with E-state index in [4.69, 9.17) is 9.47 Å². The maximum absolute atomic E-state index is 12.7. The Bertz CT molecular complexity index is 1110. The molecule has 0 aliphatic carbocycles. The number of hydrogen-bond acceptors (Lipinski definition) is 8. The highest BCUT2D eigenvalue weighted by Gasteiger charge is 2.18. The molecule has 0 aliphatic heterocycles. The minimum atomic E-state index is -0.492. The van der Waals surface area contributed by atoms with Gasteiger partial charge < -0.3 is 19.4 Å². The molecular formula is C23H24N4O5. The van der Waals surface area contributed by atoms with Crippen LogP contribution in [-0.2, 0) is 14.3 Å². The molecule has 2 aromatic heterocycles. The number of nitrogens with one attached hydrogen (secondary N) is 1. The molecule has 0 unspecified atom stereocenters. The number of hydrogen-bond donors (Lipinski definition) is 1. The predicted molar refractivity (Wildman–Crippen MR) is 117 cm³/mol. The van der Waals surface area contributed by atoms with Gasteiger partial charge in [-0.25, -0.2) is 14.8 Å². The van der Waals surface area contributed by atoms with Gasteiger partial charge in [-0.2, -0.15) is 0 Å². The van der Waals surface area contributed by atoms with E-state index in [1.807, 2.05) is 18.4 Å². The topological polar surface area (TPSA) is 112 Å². The van der Waals surface area contributed by atoms with Gasteiger partial charge in [0, 0.05) is 41.6 Å². The standard InChI is InChI=1S/C23H24N4O5/c1-15-13-19(16(2)27(15)18-7-5-17(6-8-18)22(30)31-3)20(28)14-32-21(29)9-12-26-23-24-10-4-11-25-23/h4-8,10-11,13H,9,12,14H2,1-3H3,(H,24,25,26). The second-order valence-electron chi connectivity index (χ2n) is 6.99. The molecule has 0 atom stereocenters. The summed E-state index contributed by atoms with van der Waals surface area (Å²) in [6.07, 6.45) is 3.27. The third-order valence-corrected chi connectivity index (χ3v) is 4.82. The monoisotopic (exact) mass is 436 g/mol. The summed E-state index contributed by atoms with van der Waals surface area (Å²) >= 11 is 0. The molecule has 1 N–H and O–H groups in total. The van der Waals surface area contributed by atoms with E-state index in [-0.39, 0.29) is 18.8 Å². The molecule has 166 valence electrons. The Morgan fingerprint density at radius 2 is 1.75 bits per heavy atom. The molecule has 0 fully saturated rings. The van der Waals surface area contributed by atoms with Crippen molar-refractivity contribution >= 4 is 23.7 Å². The molecule has 0 bridgehead atoms. The van der Waals surface area contributed by atoms with Crippen LogP contribution in [0.3, 0.4) is 0 Å². The summed E-state index contributed by atoms with van der Waals surface area (Å²) in [5.74, 6) is -0.776. The SMILES string of the molecule is COC(=O)c1ccc(-n2c(C)cc(C(=O)COC(=O)CCNc3ncccn3)c2C)cc1. The van der Waals surface area contributed by atoms with Crippen molar-refractivity contribution in [2.75, 3.05) is 25.6 Å². The Kier molecular flexibility index (Phi) is 7.33. The highest BCUT2D eigenvalue weighted by Crippen LogP contribution is 2.22. The number of nitrogens with zero attached hydrogens (tertiary/aromatic N) is 3. The summed E-state index contributed by atoms with van der Waals surface area (Å²) in [6.45, 7) is 3.65. The van der Waals surface area contributed by atoms with E-state index in [2.05, 4.69) is 15.3 Å². The van der Waals surface area contributed by atoms with Gasteiger partial charge in [-0.1, -0.05) is 0 Å². The molecule has 0 aliphatic rings. The highest BCUT2D eigenvalue weighted by molar-refractivity contribution is 5.99. The molecule has 0 saturated heterocycles. The van der Waals surface area contributed by atoms with Crippen LogP contribution in [0.4, 0.5) is 5.95 Å². The van der Waals surface area contributed by atoms with Crippen molar-refractivity contribution < 1.29 is 23.9 Å². The van der Waals surface area contributed by atoms with Crippen molar-refractivity contribution in [2.45, 2.75) is 20.3 Å². The van der Waals surface area contributed by atoms with Crippen LogP contribution in [0.25, 0.3) is 5.69 Å². The molecule has 0 radical (unpaired) electrons. The van der Waals surface area contributed by atoms with Crippen molar-refractivity contribution in [2.24, 2.45) is 0 Å². The number of esters is 2. The van der Waals surface area contributed by atoms with E-state index < -0.39 is 11.9 Å². The number of rotatable bonds is 9. The fourth-order valence-electron chi connectivity index (χ4n) is 3.27. The van der Waals surface area contributed by atoms with Crippen LogP contribution in [0.15, 0.2) is 48.8 Å². The first-order valence-corrected chi connectivity index (χ1v) is 9.98. The number of ether oxygens (including phenoxy) is 2. The van der Waals surface area contributed by atoms with Gasteiger partial charge in [-0.15, -0.1) is 0 Å². The molecule has 2 heterocycles. The second kappa shape index (κ2) is 10.3. The van der Waals surface area contributed by atoms with Crippen molar-refractivity contribution in [3.63, 3.8) is 0 Å². The van der Waals surface area contributed by atoms with Crippen LogP contribution in [0.1, 0.15) is 38.5 Å². The normalized spacial score (nSPS) is 10.5. The lowest BCUT2D eigenvalue weighted by Gasteiger charge is -2.11. The van der Waals surface area contributed by atoms with Crippen LogP contribution in [-0.4, -0.2) is 52.5 Å². The van der Waals surface area contributed by atoms with Crippen molar-refractivity contribution in [3.05, 3.63) is 71.3 Å². The summed E-state index contributed by atoms with van der Waals surface area (Å²) in [7, 11) is 1.33. The zero-order valence-electron chi connectivity index (χ0n) is 18.1. The number of benzene rings is 1. The Morgan fingerprint density at radius 1 is 1.06 bits per heavy atom. The van der Waals surface area contributed by atoms with E-state index >= 15 is 0 Å². The average Bonchev–Trinajstić information content (AvgIpc) is 3.11. The lowest BCUT2D eigenvalue weighted by atomic mass is 10.1. The predicted octanol–water partition coefficient (Wildman–Crippen LogP) is 2.90. The van der Waals surface area contributed by atoms with E-state index in [1.165, 1.54) is 7.11 Å². The minimum Gasteiger partial charge on any atom is -0.465 e. The maximum atomic E-state index is 12.7. The van der Waals surface area contributed by atoms with Gasteiger partial charge in [0.15, 0.2) is 6.61 Å². The Hall–Kier alpha value is -4.01. The number of ketones is 1. The first-order valence-electron chi connectivity index (χ1n) is 9.98. The Balaban J connectivity index is 1.59. The Labute approximate surface area is 185 Å². The summed E-state index contributed by atoms with van der Waals surface area (Å²) in [5.41, 5.74) is 3.28. The van der Waals surface area contributed by atoms with Gasteiger partial charge >= 0.3 is 11.9 Å². The number of methoxy groups -OCH3 is 1. The number of anilines is 1. The van der Waals surface area contributed by atoms with Crippen molar-refractivity contribution in [1.29, 1.82) is 0 Å². The van der Waals surface area contributed by atoms with Crippen LogP contribution < -0.4 is 5.32 Å². The Morgan fingerprint density at radius 3 is 2.41 bits per heavy atom. The molecule has 9 heteroatoms. The summed E-state index contributed by atoms with van der Waals surface area (Å²) in [5, 5.41) is 2.91. The van der Waals surface area contributed by atoms with Crippen LogP contribution >= 0.6 is 0 Å². The van der Waals surface area contributed by atoms with E-state index in [0.29, 0.717) is 23.6 Å². The van der Waals surface area contributed by atoms with Crippen LogP contribution in [0, 0.1) is 13.8 Å². The molecule has 32 heavy (non-hydrogen) atoms. The van der Waals surface area contributed by atoms with Gasteiger partial charge in [0.25, 0.3) is 0 Å². The largest absolute Gasteiger partial charge is 0.465 e. The third kappa shape index (κ3) is 5.37. The van der Waals surface area contributed by atoms with Crippen LogP contribution in [0.5, 0.6) is 0 Å². The third-order valence-electron chi connectivity index (χ3n) is 4.82. The zero-order chi connectivity index (χ0) is 23.1. The van der Waals surface area contributed by atoms with E-state index in [9.17, 15) is 14.4 Å². The van der Waals surface area contributed by atoms with Gasteiger partial charge in [-0.3, -0.25) is 9.59 Å². The first-order chi connectivity index (χ1) is 15.4. The molecule has 3 rings (SSSR count). The molecule has 0 spiro atoms. The first kappa shape index (κ1) is 22.7. The second-order valence-corrected chi connectivity index (χ2v) is 6.99. The maximum Gasteiger partial charge on any atom is 0.337 e. The lowest BCUT2D eigenvalue weighted by Crippen LogP contribution is -2.17. The van der Waals surface area contributed by atoms with Gasteiger partial charge in [-0.05, 0) is 50.2 Å². The molecule has 1 aromatic carbocycles. The van der Waals surface area contributed by atoms with E-state index in [1.54, 1.807) is 48.8 Å². The van der Waals surface area contributed by atoms with Crippen LogP contribution in [0.2, 0.25) is 0 Å². The fraction of sp³-hybridized carbons (Fsp3) is 0.261. The molecular weight excluding hydrogens is 412 g/mol. The number of aryl methyl sites for hydroxylation is 1. The molecule has 0 saturated carbocycles. The summed E-state index contributed by atoms with van der Waals surface area (Å²) < 4.78 is 11.7.